The van der Waals surface area contributed by atoms with E-state index < -0.39 is 6.04 Å². The number of ether oxygens (including phenoxy) is 3. The maximum absolute atomic E-state index is 14.4. The lowest BCUT2D eigenvalue weighted by atomic mass is 9.86. The topological polar surface area (TPSA) is 109 Å². The Morgan fingerprint density at radius 2 is 1.33 bits per heavy atom. The molecular formula is C37H31NO7S. The fraction of sp³-hybridized carbons (Fsp3) is 0.108. The van der Waals surface area contributed by atoms with Crippen molar-refractivity contribution in [3.63, 3.8) is 0 Å². The minimum absolute atomic E-state index is 0.00320. The van der Waals surface area contributed by atoms with E-state index in [1.54, 1.807) is 66.4 Å². The summed E-state index contributed by atoms with van der Waals surface area (Å²) in [5, 5.41) is 31.5. The SMILES string of the molecule is COc1cc(/C=C/C(=O)C2=C(/C=C/c3ccc(O)c(OC)c3)C=C3Sc4ccccc4N3C2c2ccc(O)c(OC)c2)ccc1O. The lowest BCUT2D eigenvalue weighted by Crippen LogP contribution is -2.32. The van der Waals surface area contributed by atoms with Gasteiger partial charge in [0, 0.05) is 10.5 Å². The highest BCUT2D eigenvalue weighted by atomic mass is 32.2. The van der Waals surface area contributed by atoms with Gasteiger partial charge in [-0.05, 0) is 82.9 Å². The van der Waals surface area contributed by atoms with E-state index in [1.165, 1.54) is 33.5 Å². The fourth-order valence-corrected chi connectivity index (χ4v) is 6.66. The quantitative estimate of drug-likeness (QED) is 0.160. The van der Waals surface area contributed by atoms with Crippen LogP contribution in [0.25, 0.3) is 12.2 Å². The lowest BCUT2D eigenvalue weighted by Gasteiger charge is -2.36. The molecule has 6 rings (SSSR count). The molecule has 232 valence electrons. The Morgan fingerprint density at radius 1 is 0.739 bits per heavy atom. The van der Waals surface area contributed by atoms with E-state index in [0.29, 0.717) is 34.0 Å². The first kappa shape index (κ1) is 30.5. The van der Waals surface area contributed by atoms with Crippen molar-refractivity contribution in [1.82, 2.24) is 0 Å². The Balaban J connectivity index is 1.54. The molecule has 46 heavy (non-hydrogen) atoms. The van der Waals surface area contributed by atoms with Crippen molar-refractivity contribution >= 4 is 35.4 Å². The van der Waals surface area contributed by atoms with Crippen LogP contribution in [0.4, 0.5) is 5.69 Å². The van der Waals surface area contributed by atoms with Crippen LogP contribution in [0.15, 0.2) is 118 Å². The number of benzene rings is 4. The molecule has 0 saturated carbocycles. The molecule has 0 aromatic heterocycles. The molecule has 2 heterocycles. The molecule has 0 amide bonds. The predicted molar refractivity (Wildman–Crippen MR) is 180 cm³/mol. The Morgan fingerprint density at radius 3 is 1.98 bits per heavy atom. The molecule has 1 atom stereocenters. The van der Waals surface area contributed by atoms with E-state index in [2.05, 4.69) is 4.90 Å². The van der Waals surface area contributed by atoms with Gasteiger partial charge in [0.05, 0.1) is 38.1 Å². The highest BCUT2D eigenvalue weighted by molar-refractivity contribution is 8.03. The smallest absolute Gasteiger partial charge is 0.184 e. The molecule has 2 aliphatic heterocycles. The van der Waals surface area contributed by atoms with E-state index >= 15 is 0 Å². The summed E-state index contributed by atoms with van der Waals surface area (Å²) in [6.07, 6.45) is 8.95. The van der Waals surface area contributed by atoms with Gasteiger partial charge in [0.2, 0.25) is 0 Å². The molecule has 1 unspecified atom stereocenters. The van der Waals surface area contributed by atoms with Gasteiger partial charge in [-0.1, -0.05) is 60.3 Å². The van der Waals surface area contributed by atoms with Gasteiger partial charge in [-0.15, -0.1) is 0 Å². The zero-order valence-corrected chi connectivity index (χ0v) is 26.1. The standard InChI is InChI=1S/C37H31NO7S/c1-43-31-18-22(9-14-27(31)39)8-12-24-21-35-38(26-6-4-5-7-34(26)46-35)37(25-13-17-29(41)33(20-25)45-3)36(24)30(42)16-11-23-10-15-28(40)32(19-23)44-2/h4-21,37,39-41H,1-3H3/b12-8+,16-11+. The van der Waals surface area contributed by atoms with Crippen LogP contribution in [-0.2, 0) is 4.79 Å². The third kappa shape index (κ3) is 5.80. The summed E-state index contributed by atoms with van der Waals surface area (Å²) in [4.78, 5) is 17.6. The van der Waals surface area contributed by atoms with E-state index in [9.17, 15) is 20.1 Å². The van der Waals surface area contributed by atoms with Crippen molar-refractivity contribution in [2.45, 2.75) is 10.9 Å². The highest BCUT2D eigenvalue weighted by Gasteiger charge is 2.40. The number of methoxy groups -OCH3 is 3. The third-order valence-corrected chi connectivity index (χ3v) is 8.86. The molecule has 0 fully saturated rings. The van der Waals surface area contributed by atoms with E-state index in [0.717, 1.165) is 26.7 Å². The van der Waals surface area contributed by atoms with Gasteiger partial charge in [-0.25, -0.2) is 0 Å². The van der Waals surface area contributed by atoms with Crippen molar-refractivity contribution in [3.8, 4) is 34.5 Å². The number of carbonyl (C=O) groups is 1. The number of hydrogen-bond donors (Lipinski definition) is 3. The molecule has 0 aliphatic carbocycles. The van der Waals surface area contributed by atoms with Crippen molar-refractivity contribution in [2.24, 2.45) is 0 Å². The number of fused-ring (bicyclic) bond motifs is 3. The second-order valence-corrected chi connectivity index (χ2v) is 11.6. The lowest BCUT2D eigenvalue weighted by molar-refractivity contribution is -0.111. The molecule has 0 spiro atoms. The van der Waals surface area contributed by atoms with Crippen LogP contribution in [0.1, 0.15) is 22.7 Å². The number of anilines is 1. The Hall–Kier alpha value is -5.54. The van der Waals surface area contributed by atoms with Gasteiger partial charge in [0.25, 0.3) is 0 Å². The fourth-order valence-electron chi connectivity index (χ4n) is 5.52. The number of allylic oxidation sites excluding steroid dienone is 4. The number of carbonyl (C=O) groups excluding carboxylic acids is 1. The number of phenols is 3. The summed E-state index contributed by atoms with van der Waals surface area (Å²) in [6, 6.07) is 22.5. The number of rotatable bonds is 9. The van der Waals surface area contributed by atoms with Gasteiger partial charge >= 0.3 is 0 Å². The Bertz CT molecular complexity index is 1960. The highest BCUT2D eigenvalue weighted by Crippen LogP contribution is 2.55. The zero-order chi connectivity index (χ0) is 32.4. The van der Waals surface area contributed by atoms with Crippen LogP contribution in [0.5, 0.6) is 34.5 Å². The minimum atomic E-state index is -0.578. The monoisotopic (exact) mass is 633 g/mol. The number of aromatic hydroxyl groups is 3. The predicted octanol–water partition coefficient (Wildman–Crippen LogP) is 7.63. The Kier molecular flexibility index (Phi) is 8.50. The van der Waals surface area contributed by atoms with Gasteiger partial charge in [0.1, 0.15) is 0 Å². The molecular weight excluding hydrogens is 602 g/mol. The Labute approximate surface area is 270 Å². The van der Waals surface area contributed by atoms with Crippen LogP contribution in [-0.4, -0.2) is 42.4 Å². The van der Waals surface area contributed by atoms with E-state index in [4.69, 9.17) is 14.2 Å². The number of ketones is 1. The first-order valence-corrected chi connectivity index (χ1v) is 15.2. The maximum atomic E-state index is 14.4. The maximum Gasteiger partial charge on any atom is 0.184 e. The molecule has 0 bridgehead atoms. The normalized spacial score (nSPS) is 15.6. The number of nitrogens with zero attached hydrogens (tertiary/aromatic N) is 1. The molecule has 0 saturated heterocycles. The van der Waals surface area contributed by atoms with Crippen molar-refractivity contribution in [2.75, 3.05) is 26.2 Å². The van der Waals surface area contributed by atoms with Gasteiger partial charge in [0.15, 0.2) is 40.3 Å². The van der Waals surface area contributed by atoms with Gasteiger partial charge in [-0.2, -0.15) is 0 Å². The summed E-state index contributed by atoms with van der Waals surface area (Å²) in [7, 11) is 4.45. The molecule has 4 aromatic carbocycles. The zero-order valence-electron chi connectivity index (χ0n) is 25.3. The second kappa shape index (κ2) is 12.8. The third-order valence-electron chi connectivity index (χ3n) is 7.77. The number of para-hydroxylation sites is 1. The summed E-state index contributed by atoms with van der Waals surface area (Å²) >= 11 is 1.61. The average molecular weight is 634 g/mol. The minimum Gasteiger partial charge on any atom is -0.504 e. The van der Waals surface area contributed by atoms with Crippen molar-refractivity contribution in [1.29, 1.82) is 0 Å². The molecule has 4 aromatic rings. The van der Waals surface area contributed by atoms with Crippen LogP contribution in [0.3, 0.4) is 0 Å². The molecule has 0 radical (unpaired) electrons. The van der Waals surface area contributed by atoms with Crippen LogP contribution >= 0.6 is 11.8 Å². The van der Waals surface area contributed by atoms with E-state index in [-0.39, 0.29) is 23.0 Å². The van der Waals surface area contributed by atoms with Crippen molar-refractivity contribution < 1.29 is 34.3 Å². The molecule has 9 heteroatoms. The molecule has 2 aliphatic rings. The van der Waals surface area contributed by atoms with E-state index in [1.807, 2.05) is 42.5 Å². The summed E-state index contributed by atoms with van der Waals surface area (Å²) < 4.78 is 16.0. The number of phenolic OH excluding ortho intramolecular Hbond substituents is 3. The first-order valence-electron chi connectivity index (χ1n) is 14.3. The molecule has 8 nitrogen and oxygen atoms in total. The summed E-state index contributed by atoms with van der Waals surface area (Å²) in [5.41, 5.74) is 4.34. The second-order valence-electron chi connectivity index (χ2n) is 10.5. The number of hydrogen-bond acceptors (Lipinski definition) is 9. The van der Waals surface area contributed by atoms with Crippen LogP contribution < -0.4 is 19.1 Å². The van der Waals surface area contributed by atoms with Gasteiger partial charge in [-0.3, -0.25) is 4.79 Å². The van der Waals surface area contributed by atoms with Crippen LogP contribution in [0.2, 0.25) is 0 Å². The van der Waals surface area contributed by atoms with Crippen molar-refractivity contribution in [3.05, 3.63) is 130 Å². The molecule has 3 N–H and O–H groups in total. The van der Waals surface area contributed by atoms with Gasteiger partial charge < -0.3 is 34.4 Å². The summed E-state index contributed by atoms with van der Waals surface area (Å²) in [5.74, 6) is 0.715. The van der Waals surface area contributed by atoms with Crippen LogP contribution in [0, 0.1) is 0 Å². The first-order chi connectivity index (χ1) is 22.3. The number of thioether (sulfide) groups is 1. The average Bonchev–Trinajstić information content (AvgIpc) is 3.45. The largest absolute Gasteiger partial charge is 0.504 e. The summed E-state index contributed by atoms with van der Waals surface area (Å²) in [6.45, 7) is 0.